The molecule has 0 spiro atoms. The first-order valence-electron chi connectivity index (χ1n) is 12.4. The van der Waals surface area contributed by atoms with Crippen molar-refractivity contribution in [3.05, 3.63) is 23.8 Å². The van der Waals surface area contributed by atoms with E-state index >= 15 is 4.39 Å². The minimum Gasteiger partial charge on any atom is -0.458 e. The van der Waals surface area contributed by atoms with Crippen molar-refractivity contribution in [3.8, 4) is 0 Å². The van der Waals surface area contributed by atoms with Crippen LogP contribution >= 0.6 is 0 Å². The summed E-state index contributed by atoms with van der Waals surface area (Å²) in [4.78, 5) is 37.3. The molecule has 0 amide bonds. The van der Waals surface area contributed by atoms with E-state index in [0.29, 0.717) is 24.8 Å². The molecule has 4 rings (SSSR count). The second-order valence-corrected chi connectivity index (χ2v) is 11.8. The molecule has 0 saturated heterocycles. The van der Waals surface area contributed by atoms with Crippen LogP contribution in [0.1, 0.15) is 66.7 Å². The Hall–Kier alpha value is -1.86. The van der Waals surface area contributed by atoms with E-state index in [2.05, 4.69) is 0 Å². The third kappa shape index (κ3) is 3.22. The predicted molar refractivity (Wildman–Crippen MR) is 123 cm³/mol. The van der Waals surface area contributed by atoms with Gasteiger partial charge in [0.15, 0.2) is 18.1 Å². The molecule has 4 aliphatic carbocycles. The number of aliphatic hydroxyl groups is 2. The highest BCUT2D eigenvalue weighted by atomic mass is 19.1. The highest BCUT2D eigenvalue weighted by Gasteiger charge is 2.75. The Kier molecular flexibility index (Phi) is 6.00. The fourth-order valence-electron chi connectivity index (χ4n) is 7.79. The van der Waals surface area contributed by atoms with E-state index in [1.54, 1.807) is 26.8 Å². The van der Waals surface area contributed by atoms with E-state index in [9.17, 15) is 24.6 Å². The topological polar surface area (TPSA) is 101 Å². The fraction of sp³-hybridized carbons (Fsp3) is 0.741. The van der Waals surface area contributed by atoms with Gasteiger partial charge < -0.3 is 14.9 Å². The molecule has 6 nitrogen and oxygen atoms in total. The Morgan fingerprint density at radius 3 is 2.59 bits per heavy atom. The minimum atomic E-state index is -2.02. The molecule has 0 heterocycles. The maximum atomic E-state index is 17.1. The lowest BCUT2D eigenvalue weighted by atomic mass is 9.44. The number of Topliss-reactive ketones (excluding diaryl/α,β-unsaturated/α-hetero) is 1. The number of rotatable bonds is 5. The van der Waals surface area contributed by atoms with Gasteiger partial charge in [0.1, 0.15) is 5.60 Å². The van der Waals surface area contributed by atoms with Gasteiger partial charge in [-0.15, -0.1) is 0 Å². The van der Waals surface area contributed by atoms with Crippen molar-refractivity contribution in [2.24, 2.45) is 34.5 Å². The van der Waals surface area contributed by atoms with Crippen molar-refractivity contribution in [3.63, 3.8) is 0 Å². The van der Waals surface area contributed by atoms with Gasteiger partial charge in [0.2, 0.25) is 5.78 Å². The van der Waals surface area contributed by atoms with Crippen molar-refractivity contribution in [1.29, 1.82) is 0 Å². The summed E-state index contributed by atoms with van der Waals surface area (Å²) in [7, 11) is 0. The van der Waals surface area contributed by atoms with Crippen LogP contribution in [0.25, 0.3) is 0 Å². The Morgan fingerprint density at radius 1 is 1.26 bits per heavy atom. The lowest BCUT2D eigenvalue weighted by Gasteiger charge is -2.62. The average molecular weight is 477 g/mol. The van der Waals surface area contributed by atoms with E-state index in [0.717, 1.165) is 0 Å². The Morgan fingerprint density at radius 2 is 1.94 bits per heavy atom. The summed E-state index contributed by atoms with van der Waals surface area (Å²) in [5.41, 5.74) is -5.36. The van der Waals surface area contributed by atoms with Crippen molar-refractivity contribution in [2.75, 3.05) is 6.61 Å². The second-order valence-electron chi connectivity index (χ2n) is 11.8. The van der Waals surface area contributed by atoms with Crippen LogP contribution < -0.4 is 0 Å². The zero-order valence-corrected chi connectivity index (χ0v) is 20.8. The van der Waals surface area contributed by atoms with Crippen LogP contribution in [0.15, 0.2) is 23.8 Å². The molecular weight excluding hydrogens is 439 g/mol. The van der Waals surface area contributed by atoms with Crippen LogP contribution in [0.3, 0.4) is 0 Å². The largest absolute Gasteiger partial charge is 0.458 e. The molecule has 3 saturated carbocycles. The van der Waals surface area contributed by atoms with E-state index in [1.165, 1.54) is 12.2 Å². The highest BCUT2D eigenvalue weighted by Crippen LogP contribution is 2.70. The zero-order valence-electron chi connectivity index (χ0n) is 20.8. The maximum Gasteiger partial charge on any atom is 0.306 e. The lowest BCUT2D eigenvalue weighted by molar-refractivity contribution is -0.220. The standard InChI is InChI=1S/C27H37FO6/c1-15(2)10-23(32)34-14-22(31)27(33)16(3)11-20-19-7-6-17-12-18(29)8-9-24(17,4)26(19,28)21(30)13-25(20,27)5/h8-9,12,15-16,19-21,30,33H,6-7,10-11,13-14H2,1-5H3. The number of ketones is 2. The summed E-state index contributed by atoms with van der Waals surface area (Å²) in [5.74, 6) is -2.60. The molecule has 188 valence electrons. The molecule has 0 radical (unpaired) electrons. The average Bonchev–Trinajstić information content (AvgIpc) is 2.94. The molecule has 8 atom stereocenters. The van der Waals surface area contributed by atoms with E-state index in [-0.39, 0.29) is 30.5 Å². The molecule has 0 aliphatic heterocycles. The van der Waals surface area contributed by atoms with Crippen LogP contribution in [0.2, 0.25) is 0 Å². The van der Waals surface area contributed by atoms with Gasteiger partial charge >= 0.3 is 5.97 Å². The van der Waals surface area contributed by atoms with Crippen LogP contribution in [0, 0.1) is 34.5 Å². The fourth-order valence-corrected chi connectivity index (χ4v) is 7.79. The van der Waals surface area contributed by atoms with Gasteiger partial charge in [-0.05, 0) is 62.5 Å². The molecule has 2 N–H and O–H groups in total. The van der Waals surface area contributed by atoms with Gasteiger partial charge in [-0.3, -0.25) is 14.4 Å². The van der Waals surface area contributed by atoms with Gasteiger partial charge in [-0.25, -0.2) is 4.39 Å². The van der Waals surface area contributed by atoms with E-state index in [4.69, 9.17) is 4.74 Å². The quantitative estimate of drug-likeness (QED) is 0.589. The van der Waals surface area contributed by atoms with Crippen molar-refractivity contribution in [1.82, 2.24) is 0 Å². The van der Waals surface area contributed by atoms with Gasteiger partial charge in [-0.2, -0.15) is 0 Å². The summed E-state index contributed by atoms with van der Waals surface area (Å²) in [6, 6.07) is 0. The Labute approximate surface area is 200 Å². The smallest absolute Gasteiger partial charge is 0.306 e. The maximum absolute atomic E-state index is 17.1. The number of halogens is 1. The van der Waals surface area contributed by atoms with E-state index < -0.39 is 58.4 Å². The first kappa shape index (κ1) is 25.2. The van der Waals surface area contributed by atoms with Crippen LogP contribution in [0.5, 0.6) is 0 Å². The first-order valence-corrected chi connectivity index (χ1v) is 12.4. The number of aliphatic hydroxyl groups excluding tert-OH is 1. The van der Waals surface area contributed by atoms with Gasteiger partial charge in [0.25, 0.3) is 0 Å². The molecule has 0 aromatic heterocycles. The molecular formula is C27H37FO6. The summed E-state index contributed by atoms with van der Waals surface area (Å²) in [6.07, 6.45) is 4.48. The predicted octanol–water partition coefficient (Wildman–Crippen LogP) is 3.49. The number of carbonyl (C=O) groups excluding carboxylic acids is 3. The molecule has 3 fully saturated rings. The van der Waals surface area contributed by atoms with Crippen LogP contribution in [-0.2, 0) is 19.1 Å². The van der Waals surface area contributed by atoms with Crippen LogP contribution in [-0.4, -0.2) is 51.7 Å². The third-order valence-corrected chi connectivity index (χ3v) is 9.59. The number of hydrogen-bond acceptors (Lipinski definition) is 6. The number of allylic oxidation sites excluding steroid dienone is 4. The van der Waals surface area contributed by atoms with Crippen molar-refractivity contribution >= 4 is 17.5 Å². The summed E-state index contributed by atoms with van der Waals surface area (Å²) in [5, 5.41) is 23.2. The molecule has 0 aromatic rings. The van der Waals surface area contributed by atoms with Crippen LogP contribution in [0.4, 0.5) is 4.39 Å². The van der Waals surface area contributed by atoms with E-state index in [1.807, 2.05) is 13.8 Å². The molecule has 8 unspecified atom stereocenters. The monoisotopic (exact) mass is 476 g/mol. The normalized spacial score (nSPS) is 45.3. The van der Waals surface area contributed by atoms with Gasteiger partial charge in [0, 0.05) is 23.2 Å². The lowest BCUT2D eigenvalue weighted by Crippen LogP contribution is -2.69. The zero-order chi connectivity index (χ0) is 25.3. The number of fused-ring (bicyclic) bond motifs is 5. The summed E-state index contributed by atoms with van der Waals surface area (Å²) < 4.78 is 22.3. The molecule has 34 heavy (non-hydrogen) atoms. The highest BCUT2D eigenvalue weighted by molar-refractivity contribution is 6.01. The summed E-state index contributed by atoms with van der Waals surface area (Å²) in [6.45, 7) is 8.49. The number of hydrogen-bond donors (Lipinski definition) is 2. The van der Waals surface area contributed by atoms with Gasteiger partial charge in [0.05, 0.1) is 6.10 Å². The Balaban J connectivity index is 1.66. The molecule has 0 aromatic carbocycles. The minimum absolute atomic E-state index is 0.0832. The summed E-state index contributed by atoms with van der Waals surface area (Å²) >= 11 is 0. The van der Waals surface area contributed by atoms with Crippen molar-refractivity contribution in [2.45, 2.75) is 84.1 Å². The molecule has 4 aliphatic rings. The number of alkyl halides is 1. The SMILES string of the molecule is CC(C)CC(=O)OCC(=O)C1(O)C(C)CC2C3CCC4=CC(=O)C=CC4(C)C3(F)C(O)CC21C. The molecule has 7 heteroatoms. The number of carbonyl (C=O) groups is 3. The molecule has 0 bridgehead atoms. The second kappa shape index (κ2) is 8.09. The Bertz CT molecular complexity index is 970. The first-order chi connectivity index (χ1) is 15.7. The van der Waals surface area contributed by atoms with Crippen molar-refractivity contribution < 1.29 is 33.7 Å². The van der Waals surface area contributed by atoms with Gasteiger partial charge in [-0.1, -0.05) is 39.3 Å². The third-order valence-electron chi connectivity index (χ3n) is 9.59. The number of esters is 1. The number of ether oxygens (including phenoxy) is 1.